The number of hydrogen-bond acceptors (Lipinski definition) is 5. The fraction of sp³-hybridized carbons (Fsp3) is 0. The van der Waals surface area contributed by atoms with E-state index in [1.807, 2.05) is 29.5 Å². The van der Waals surface area contributed by atoms with E-state index in [0.29, 0.717) is 0 Å². The normalized spacial score (nSPS) is 12.3. The molecule has 0 bridgehead atoms. The van der Waals surface area contributed by atoms with Gasteiger partial charge >= 0.3 is 0 Å². The summed E-state index contributed by atoms with van der Waals surface area (Å²) in [5, 5.41) is 8.63. The van der Waals surface area contributed by atoms with Gasteiger partial charge in [0.05, 0.1) is 20.4 Å². The Labute approximate surface area is 269 Å². The standard InChI is InChI=1S/C40H21N3OS2/c1-2-12-22(13-3-1)33-39(41-34-36-37(46-40(34)42-33)26-17-7-10-20-29(26)44-36)43-28-19-9-6-16-25(28)31-23-14-4-5-15-24(23)32-27-18-8-11-21-30(27)45-38(32)35(31)43/h1-21H. The van der Waals surface area contributed by atoms with E-state index in [0.717, 1.165) is 59.7 Å². The van der Waals surface area contributed by atoms with Gasteiger partial charge in [-0.3, -0.25) is 4.57 Å². The highest BCUT2D eigenvalue weighted by Gasteiger charge is 2.26. The maximum Gasteiger partial charge on any atom is 0.174 e. The van der Waals surface area contributed by atoms with Crippen molar-refractivity contribution in [2.45, 2.75) is 0 Å². The molecule has 4 nitrogen and oxygen atoms in total. The average Bonchev–Trinajstić information content (AvgIpc) is 3.86. The summed E-state index contributed by atoms with van der Waals surface area (Å²) >= 11 is 3.51. The van der Waals surface area contributed by atoms with E-state index in [-0.39, 0.29) is 0 Å². The Morgan fingerprint density at radius 1 is 0.543 bits per heavy atom. The van der Waals surface area contributed by atoms with Crippen LogP contribution >= 0.6 is 22.7 Å². The molecule has 0 unspecified atom stereocenters. The number of hydrogen-bond donors (Lipinski definition) is 0. The molecule has 0 aliphatic heterocycles. The molecular weight excluding hydrogens is 603 g/mol. The van der Waals surface area contributed by atoms with Crippen molar-refractivity contribution in [1.29, 1.82) is 0 Å². The first-order valence-electron chi connectivity index (χ1n) is 15.3. The highest BCUT2D eigenvalue weighted by molar-refractivity contribution is 7.27. The van der Waals surface area contributed by atoms with Gasteiger partial charge in [-0.2, -0.15) is 0 Å². The van der Waals surface area contributed by atoms with Crippen LogP contribution in [0.3, 0.4) is 0 Å². The van der Waals surface area contributed by atoms with Crippen molar-refractivity contribution < 1.29 is 4.42 Å². The number of aromatic nitrogens is 3. The molecule has 0 N–H and O–H groups in total. The summed E-state index contributed by atoms with van der Waals surface area (Å²) in [5.41, 5.74) is 6.62. The Hall–Kier alpha value is -5.56. The third kappa shape index (κ3) is 3.17. The van der Waals surface area contributed by atoms with Gasteiger partial charge in [0.2, 0.25) is 0 Å². The first kappa shape index (κ1) is 24.7. The zero-order chi connectivity index (χ0) is 29.9. The SMILES string of the molecule is c1ccc(-c2nc3sc4c5ccccc5oc4c3nc2-n2c3ccccc3c3c4ccccc4c4c5ccccc5sc4c32)cc1. The van der Waals surface area contributed by atoms with E-state index in [4.69, 9.17) is 14.4 Å². The molecule has 0 atom stereocenters. The quantitative estimate of drug-likeness (QED) is 0.192. The van der Waals surface area contributed by atoms with Gasteiger partial charge in [-0.25, -0.2) is 9.97 Å². The molecule has 6 heteroatoms. The number of fused-ring (bicyclic) bond motifs is 15. The monoisotopic (exact) mass is 623 g/mol. The molecular formula is C40H21N3OS2. The molecule has 5 heterocycles. The molecule has 0 aliphatic rings. The lowest BCUT2D eigenvalue weighted by Gasteiger charge is -2.13. The topological polar surface area (TPSA) is 43.9 Å². The van der Waals surface area contributed by atoms with Crippen LogP contribution in [0.25, 0.3) is 101 Å². The number of para-hydroxylation sites is 2. The van der Waals surface area contributed by atoms with E-state index in [1.165, 1.54) is 41.7 Å². The van der Waals surface area contributed by atoms with Crippen LogP contribution in [0.2, 0.25) is 0 Å². The lowest BCUT2D eigenvalue weighted by molar-refractivity contribution is 0.672. The number of benzene rings is 6. The maximum absolute atomic E-state index is 6.47. The Kier molecular flexibility index (Phi) is 4.84. The summed E-state index contributed by atoms with van der Waals surface area (Å²) in [6.45, 7) is 0. The lowest BCUT2D eigenvalue weighted by atomic mass is 9.99. The fourth-order valence-corrected chi connectivity index (χ4v) is 9.63. The summed E-state index contributed by atoms with van der Waals surface area (Å²) in [5.74, 6) is 0.805. The minimum atomic E-state index is 0.796. The number of furan rings is 1. The predicted molar refractivity (Wildman–Crippen MR) is 195 cm³/mol. The van der Waals surface area contributed by atoms with Crippen molar-refractivity contribution in [2.24, 2.45) is 0 Å². The second-order valence-corrected chi connectivity index (χ2v) is 13.7. The molecule has 46 heavy (non-hydrogen) atoms. The maximum atomic E-state index is 6.47. The van der Waals surface area contributed by atoms with Crippen LogP contribution in [0.1, 0.15) is 0 Å². The van der Waals surface area contributed by atoms with Crippen LogP contribution in [0.5, 0.6) is 0 Å². The first-order valence-corrected chi connectivity index (χ1v) is 16.9. The molecule has 0 saturated heterocycles. The summed E-state index contributed by atoms with van der Waals surface area (Å²) in [7, 11) is 0. The van der Waals surface area contributed by atoms with Crippen LogP contribution in [0.4, 0.5) is 0 Å². The summed E-state index contributed by atoms with van der Waals surface area (Å²) < 4.78 is 12.5. The van der Waals surface area contributed by atoms with Crippen LogP contribution in [0.15, 0.2) is 132 Å². The van der Waals surface area contributed by atoms with E-state index in [2.05, 4.69) is 114 Å². The van der Waals surface area contributed by atoms with Crippen LogP contribution < -0.4 is 0 Å². The Morgan fingerprint density at radius 3 is 2.07 bits per heavy atom. The second kappa shape index (κ2) is 9.01. The highest BCUT2D eigenvalue weighted by Crippen LogP contribution is 2.49. The molecule has 11 aromatic rings. The van der Waals surface area contributed by atoms with Gasteiger partial charge < -0.3 is 4.42 Å². The van der Waals surface area contributed by atoms with Crippen molar-refractivity contribution >= 4 is 107 Å². The molecule has 11 rings (SSSR count). The van der Waals surface area contributed by atoms with Crippen LogP contribution in [-0.4, -0.2) is 14.5 Å². The van der Waals surface area contributed by atoms with Gasteiger partial charge in [0.1, 0.15) is 21.6 Å². The third-order valence-corrected chi connectivity index (χ3v) is 11.5. The first-order chi connectivity index (χ1) is 22.8. The summed E-state index contributed by atoms with van der Waals surface area (Å²) in [6, 6.07) is 45.0. The van der Waals surface area contributed by atoms with E-state index >= 15 is 0 Å². The smallest absolute Gasteiger partial charge is 0.174 e. The van der Waals surface area contributed by atoms with E-state index < -0.39 is 0 Å². The van der Waals surface area contributed by atoms with Crippen molar-refractivity contribution in [2.75, 3.05) is 0 Å². The van der Waals surface area contributed by atoms with Gasteiger partial charge in [0.25, 0.3) is 0 Å². The highest BCUT2D eigenvalue weighted by atomic mass is 32.1. The molecule has 0 fully saturated rings. The van der Waals surface area contributed by atoms with Gasteiger partial charge in [-0.1, -0.05) is 103 Å². The average molecular weight is 624 g/mol. The third-order valence-electron chi connectivity index (χ3n) is 9.22. The van der Waals surface area contributed by atoms with Gasteiger partial charge in [-0.15, -0.1) is 22.7 Å². The predicted octanol–water partition coefficient (Wildman–Crippen LogP) is 11.9. The molecule has 0 aliphatic carbocycles. The van der Waals surface area contributed by atoms with Gasteiger partial charge in [0, 0.05) is 37.2 Å². The van der Waals surface area contributed by atoms with Crippen molar-refractivity contribution in [3.8, 4) is 17.1 Å². The Balaban J connectivity index is 1.40. The molecule has 0 amide bonds. The van der Waals surface area contributed by atoms with E-state index in [1.54, 1.807) is 11.3 Å². The number of nitrogens with zero attached hydrogens (tertiary/aromatic N) is 3. The molecule has 6 aromatic carbocycles. The fourth-order valence-electron chi connectivity index (χ4n) is 7.30. The van der Waals surface area contributed by atoms with Crippen LogP contribution in [0, 0.1) is 0 Å². The minimum Gasteiger partial charge on any atom is -0.453 e. The van der Waals surface area contributed by atoms with Crippen molar-refractivity contribution in [3.63, 3.8) is 0 Å². The molecule has 5 aromatic heterocycles. The zero-order valence-corrected chi connectivity index (χ0v) is 25.8. The Morgan fingerprint density at radius 2 is 1.22 bits per heavy atom. The molecule has 0 saturated carbocycles. The Bertz CT molecular complexity index is 3040. The zero-order valence-electron chi connectivity index (χ0n) is 24.2. The summed E-state index contributed by atoms with van der Waals surface area (Å²) in [4.78, 5) is 11.8. The molecule has 0 spiro atoms. The molecule has 214 valence electrons. The largest absolute Gasteiger partial charge is 0.453 e. The second-order valence-electron chi connectivity index (χ2n) is 11.7. The van der Waals surface area contributed by atoms with Gasteiger partial charge in [0.15, 0.2) is 11.4 Å². The minimum absolute atomic E-state index is 0.796. The lowest BCUT2D eigenvalue weighted by Crippen LogP contribution is -2.03. The summed E-state index contributed by atoms with van der Waals surface area (Å²) in [6.07, 6.45) is 0. The van der Waals surface area contributed by atoms with Crippen LogP contribution in [-0.2, 0) is 0 Å². The molecule has 0 radical (unpaired) electrons. The van der Waals surface area contributed by atoms with Gasteiger partial charge in [-0.05, 0) is 35.0 Å². The number of rotatable bonds is 2. The number of thiophene rings is 2. The van der Waals surface area contributed by atoms with Crippen molar-refractivity contribution in [3.05, 3.63) is 127 Å². The van der Waals surface area contributed by atoms with Crippen molar-refractivity contribution in [1.82, 2.24) is 14.5 Å². The van der Waals surface area contributed by atoms with E-state index in [9.17, 15) is 0 Å².